The van der Waals surface area contributed by atoms with E-state index in [2.05, 4.69) is 0 Å². The predicted molar refractivity (Wildman–Crippen MR) is 97.8 cm³/mol. The number of likely N-dealkylation sites (N-methyl/N-ethyl adjacent to an activating group) is 1. The molecule has 0 aliphatic carbocycles. The van der Waals surface area contributed by atoms with Crippen LogP contribution < -0.4 is 0 Å². The van der Waals surface area contributed by atoms with Crippen molar-refractivity contribution in [2.75, 3.05) is 40.4 Å². The first-order chi connectivity index (χ1) is 12.2. The van der Waals surface area contributed by atoms with Crippen LogP contribution in [0.4, 0.5) is 9.59 Å². The van der Waals surface area contributed by atoms with Gasteiger partial charge in [0.2, 0.25) is 0 Å². The van der Waals surface area contributed by atoms with Crippen LogP contribution in [0.1, 0.15) is 40.5 Å². The van der Waals surface area contributed by atoms with Crippen LogP contribution in [0.3, 0.4) is 0 Å². The Kier molecular flexibility index (Phi) is 8.68. The smallest absolute Gasteiger partial charge is 0.410 e. The average Bonchev–Trinajstić information content (AvgIpc) is 2.60. The summed E-state index contributed by atoms with van der Waals surface area (Å²) in [6.07, 6.45) is 1.48. The van der Waals surface area contributed by atoms with Crippen molar-refractivity contribution in [3.05, 3.63) is 0 Å². The van der Waals surface area contributed by atoms with Crippen LogP contribution in [-0.4, -0.2) is 85.3 Å². The van der Waals surface area contributed by atoms with E-state index in [0.29, 0.717) is 26.2 Å². The number of ether oxygens (including phenoxy) is 2. The van der Waals surface area contributed by atoms with Crippen molar-refractivity contribution in [2.24, 2.45) is 5.92 Å². The lowest BCUT2D eigenvalue weighted by Crippen LogP contribution is -2.59. The molecule has 0 aromatic rings. The van der Waals surface area contributed by atoms with E-state index in [-0.39, 0.29) is 24.1 Å². The Hall–Kier alpha value is -1.99. The van der Waals surface area contributed by atoms with Crippen LogP contribution in [0.25, 0.3) is 0 Å². The SMILES string of the molecule is CCCCOC(=O)N1CCN(C(=O)N(C)[C@H](C(=O)OC)C(C)C)C[C@@H]1C. The molecule has 0 aromatic carbocycles. The number of carbonyl (C=O) groups excluding carboxylic acids is 3. The molecule has 8 heteroatoms. The van der Waals surface area contributed by atoms with Gasteiger partial charge in [0.05, 0.1) is 13.7 Å². The van der Waals surface area contributed by atoms with E-state index in [4.69, 9.17) is 9.47 Å². The number of piperazine rings is 1. The number of esters is 1. The minimum absolute atomic E-state index is 0.0661. The van der Waals surface area contributed by atoms with Gasteiger partial charge in [-0.3, -0.25) is 0 Å². The lowest BCUT2D eigenvalue weighted by molar-refractivity contribution is -0.147. The Balaban J connectivity index is 2.68. The maximum absolute atomic E-state index is 12.8. The summed E-state index contributed by atoms with van der Waals surface area (Å²) in [4.78, 5) is 41.7. The molecule has 1 rings (SSSR count). The molecule has 0 spiro atoms. The molecule has 0 bridgehead atoms. The highest BCUT2D eigenvalue weighted by molar-refractivity contribution is 5.84. The molecule has 0 aromatic heterocycles. The fourth-order valence-corrected chi connectivity index (χ4v) is 3.13. The number of nitrogens with zero attached hydrogens (tertiary/aromatic N) is 3. The normalized spacial score (nSPS) is 18.5. The Bertz CT molecular complexity index is 497. The lowest BCUT2D eigenvalue weighted by Gasteiger charge is -2.41. The van der Waals surface area contributed by atoms with Crippen molar-refractivity contribution >= 4 is 18.1 Å². The molecule has 2 atom stereocenters. The summed E-state index contributed by atoms with van der Waals surface area (Å²) >= 11 is 0. The molecule has 1 heterocycles. The van der Waals surface area contributed by atoms with E-state index >= 15 is 0 Å². The fourth-order valence-electron chi connectivity index (χ4n) is 3.13. The van der Waals surface area contributed by atoms with Gasteiger partial charge in [-0.05, 0) is 19.3 Å². The van der Waals surface area contributed by atoms with Crippen LogP contribution in [0.5, 0.6) is 0 Å². The molecule has 0 saturated carbocycles. The van der Waals surface area contributed by atoms with Crippen molar-refractivity contribution < 1.29 is 23.9 Å². The van der Waals surface area contributed by atoms with E-state index in [1.807, 2.05) is 27.7 Å². The van der Waals surface area contributed by atoms with Crippen LogP contribution in [0, 0.1) is 5.92 Å². The van der Waals surface area contributed by atoms with E-state index in [1.165, 1.54) is 12.0 Å². The maximum atomic E-state index is 12.8. The van der Waals surface area contributed by atoms with E-state index in [9.17, 15) is 14.4 Å². The molecule has 0 radical (unpaired) electrons. The molecule has 1 saturated heterocycles. The van der Waals surface area contributed by atoms with E-state index in [0.717, 1.165) is 12.8 Å². The highest BCUT2D eigenvalue weighted by atomic mass is 16.6. The summed E-state index contributed by atoms with van der Waals surface area (Å²) in [5.74, 6) is -0.495. The third kappa shape index (κ3) is 5.51. The van der Waals surface area contributed by atoms with Gasteiger partial charge in [-0.25, -0.2) is 14.4 Å². The zero-order chi connectivity index (χ0) is 19.9. The van der Waals surface area contributed by atoms with Gasteiger partial charge in [0.1, 0.15) is 6.04 Å². The second-order valence-electron chi connectivity index (χ2n) is 7.06. The minimum atomic E-state index is -0.639. The van der Waals surface area contributed by atoms with Crippen molar-refractivity contribution in [1.82, 2.24) is 14.7 Å². The van der Waals surface area contributed by atoms with E-state index < -0.39 is 12.0 Å². The van der Waals surface area contributed by atoms with Crippen LogP contribution in [0.2, 0.25) is 0 Å². The van der Waals surface area contributed by atoms with Gasteiger partial charge in [-0.15, -0.1) is 0 Å². The highest BCUT2D eigenvalue weighted by Crippen LogP contribution is 2.17. The molecule has 0 N–H and O–H groups in total. The van der Waals surface area contributed by atoms with Crippen molar-refractivity contribution in [1.29, 1.82) is 0 Å². The fraction of sp³-hybridized carbons (Fsp3) is 0.833. The number of unbranched alkanes of at least 4 members (excludes halogenated alkanes) is 1. The van der Waals surface area contributed by atoms with E-state index in [1.54, 1.807) is 16.8 Å². The summed E-state index contributed by atoms with van der Waals surface area (Å²) < 4.78 is 10.1. The Labute approximate surface area is 156 Å². The Morgan fingerprint density at radius 2 is 1.88 bits per heavy atom. The largest absolute Gasteiger partial charge is 0.467 e. The quantitative estimate of drug-likeness (QED) is 0.528. The summed E-state index contributed by atoms with van der Waals surface area (Å²) in [5, 5.41) is 0. The zero-order valence-electron chi connectivity index (χ0n) is 16.9. The molecular weight excluding hydrogens is 338 g/mol. The number of carbonyl (C=O) groups is 3. The number of urea groups is 1. The van der Waals surface area contributed by atoms with Crippen molar-refractivity contribution in [2.45, 2.75) is 52.6 Å². The summed E-state index contributed by atoms with van der Waals surface area (Å²) in [6.45, 7) is 9.31. The van der Waals surface area contributed by atoms with Gasteiger partial charge in [0.15, 0.2) is 0 Å². The van der Waals surface area contributed by atoms with Gasteiger partial charge in [0, 0.05) is 32.7 Å². The molecule has 150 valence electrons. The molecular formula is C18H33N3O5. The van der Waals surface area contributed by atoms with Crippen molar-refractivity contribution in [3.63, 3.8) is 0 Å². The predicted octanol–water partition coefficient (Wildman–Crippen LogP) is 2.18. The summed E-state index contributed by atoms with van der Waals surface area (Å²) in [5.41, 5.74) is 0. The average molecular weight is 371 g/mol. The topological polar surface area (TPSA) is 79.4 Å². The molecule has 1 aliphatic heterocycles. The summed E-state index contributed by atoms with van der Waals surface area (Å²) in [7, 11) is 2.93. The lowest BCUT2D eigenvalue weighted by atomic mass is 10.0. The maximum Gasteiger partial charge on any atom is 0.410 e. The number of hydrogen-bond acceptors (Lipinski definition) is 5. The standard InChI is InChI=1S/C18H33N3O5/c1-7-8-11-26-18(24)21-10-9-20(12-14(21)4)17(23)19(5)15(13(2)3)16(22)25-6/h13-15H,7-12H2,1-6H3/t14-,15-/m0/s1. The molecule has 1 aliphatic rings. The minimum Gasteiger partial charge on any atom is -0.467 e. The molecule has 1 fully saturated rings. The van der Waals surface area contributed by atoms with Crippen LogP contribution in [-0.2, 0) is 14.3 Å². The van der Waals surface area contributed by atoms with Gasteiger partial charge in [0.25, 0.3) is 0 Å². The molecule has 0 unspecified atom stereocenters. The first-order valence-electron chi connectivity index (χ1n) is 9.27. The third-order valence-electron chi connectivity index (χ3n) is 4.65. The Morgan fingerprint density at radius 3 is 2.38 bits per heavy atom. The highest BCUT2D eigenvalue weighted by Gasteiger charge is 2.36. The molecule has 3 amide bonds. The number of rotatable bonds is 6. The molecule has 8 nitrogen and oxygen atoms in total. The number of amides is 3. The summed E-state index contributed by atoms with van der Waals surface area (Å²) in [6, 6.07) is -1.02. The first-order valence-corrected chi connectivity index (χ1v) is 9.27. The monoisotopic (exact) mass is 371 g/mol. The third-order valence-corrected chi connectivity index (χ3v) is 4.65. The van der Waals surface area contributed by atoms with Gasteiger partial charge >= 0.3 is 18.1 Å². The number of hydrogen-bond donors (Lipinski definition) is 0. The van der Waals surface area contributed by atoms with Gasteiger partial charge in [-0.1, -0.05) is 27.2 Å². The zero-order valence-corrected chi connectivity index (χ0v) is 16.9. The van der Waals surface area contributed by atoms with Crippen LogP contribution in [0.15, 0.2) is 0 Å². The second-order valence-corrected chi connectivity index (χ2v) is 7.06. The first kappa shape index (κ1) is 22.1. The van der Waals surface area contributed by atoms with Gasteiger partial charge < -0.3 is 24.2 Å². The molecule has 26 heavy (non-hydrogen) atoms. The second kappa shape index (κ2) is 10.2. The van der Waals surface area contributed by atoms with Crippen molar-refractivity contribution in [3.8, 4) is 0 Å². The number of methoxy groups -OCH3 is 1. The Morgan fingerprint density at radius 1 is 1.23 bits per heavy atom. The van der Waals surface area contributed by atoms with Gasteiger partial charge in [-0.2, -0.15) is 0 Å². The van der Waals surface area contributed by atoms with Crippen LogP contribution >= 0.6 is 0 Å².